The van der Waals surface area contributed by atoms with Crippen molar-refractivity contribution in [2.75, 3.05) is 26.2 Å². The van der Waals surface area contributed by atoms with Gasteiger partial charge in [0.15, 0.2) is 0 Å². The van der Waals surface area contributed by atoms with E-state index in [0.717, 1.165) is 41.2 Å². The van der Waals surface area contributed by atoms with Crippen molar-refractivity contribution in [3.05, 3.63) is 41.4 Å². The van der Waals surface area contributed by atoms with E-state index in [1.54, 1.807) is 0 Å². The largest absolute Gasteiger partial charge is 0.492 e. The van der Waals surface area contributed by atoms with Crippen molar-refractivity contribution in [1.29, 1.82) is 0 Å². The van der Waals surface area contributed by atoms with E-state index in [2.05, 4.69) is 24.8 Å². The van der Waals surface area contributed by atoms with Crippen LogP contribution in [0.3, 0.4) is 0 Å². The van der Waals surface area contributed by atoms with Crippen molar-refractivity contribution in [3.8, 4) is 5.75 Å². The van der Waals surface area contributed by atoms with Gasteiger partial charge in [-0.15, -0.1) is 0 Å². The summed E-state index contributed by atoms with van der Waals surface area (Å²) in [4.78, 5) is 2.40. The maximum absolute atomic E-state index is 6.24. The molecule has 3 rings (SSSR count). The first-order valence-corrected chi connectivity index (χ1v) is 8.19. The van der Waals surface area contributed by atoms with Gasteiger partial charge in [0, 0.05) is 35.4 Å². The summed E-state index contributed by atoms with van der Waals surface area (Å²) in [6, 6.07) is 11.9. The Bertz CT molecular complexity index is 636. The molecule has 0 saturated carbocycles. The van der Waals surface area contributed by atoms with Crippen LogP contribution in [-0.2, 0) is 4.74 Å². The molecule has 1 aliphatic rings. The monoisotopic (exact) mass is 319 g/mol. The predicted molar refractivity (Wildman–Crippen MR) is 90.9 cm³/mol. The molecule has 4 heteroatoms. The van der Waals surface area contributed by atoms with Crippen molar-refractivity contribution in [1.82, 2.24) is 4.90 Å². The van der Waals surface area contributed by atoms with Crippen LogP contribution in [0.5, 0.6) is 5.75 Å². The Morgan fingerprint density at radius 1 is 1.09 bits per heavy atom. The van der Waals surface area contributed by atoms with Gasteiger partial charge in [-0.05, 0) is 26.0 Å². The van der Waals surface area contributed by atoms with E-state index in [9.17, 15) is 0 Å². The molecular weight excluding hydrogens is 298 g/mol. The van der Waals surface area contributed by atoms with Crippen LogP contribution in [0.4, 0.5) is 0 Å². The maximum Gasteiger partial charge on any atom is 0.127 e. The Balaban J connectivity index is 1.64. The fourth-order valence-electron chi connectivity index (χ4n) is 3.11. The molecule has 0 bridgehead atoms. The van der Waals surface area contributed by atoms with Gasteiger partial charge in [0.2, 0.25) is 0 Å². The lowest BCUT2D eigenvalue weighted by Gasteiger charge is -2.35. The third-order valence-electron chi connectivity index (χ3n) is 3.99. The van der Waals surface area contributed by atoms with E-state index in [1.165, 1.54) is 0 Å². The number of hydrogen-bond donors (Lipinski definition) is 0. The average molecular weight is 320 g/mol. The summed E-state index contributed by atoms with van der Waals surface area (Å²) in [5.74, 6) is 0.898. The molecule has 0 amide bonds. The van der Waals surface area contributed by atoms with E-state index in [-0.39, 0.29) is 0 Å². The minimum atomic E-state index is 0.292. The van der Waals surface area contributed by atoms with Gasteiger partial charge in [-0.3, -0.25) is 4.90 Å². The molecule has 3 nitrogen and oxygen atoms in total. The first-order chi connectivity index (χ1) is 10.6. The molecule has 0 aromatic heterocycles. The number of benzene rings is 2. The Hall–Kier alpha value is -1.29. The molecule has 1 saturated heterocycles. The van der Waals surface area contributed by atoms with Crippen molar-refractivity contribution >= 4 is 22.4 Å². The number of morpholine rings is 1. The van der Waals surface area contributed by atoms with Crippen LogP contribution in [-0.4, -0.2) is 43.3 Å². The topological polar surface area (TPSA) is 21.7 Å². The molecule has 0 radical (unpaired) electrons. The third kappa shape index (κ3) is 3.54. The molecule has 0 spiro atoms. The second-order valence-corrected chi connectivity index (χ2v) is 6.36. The van der Waals surface area contributed by atoms with E-state index in [1.807, 2.05) is 30.3 Å². The van der Waals surface area contributed by atoms with Crippen molar-refractivity contribution in [3.63, 3.8) is 0 Å². The smallest absolute Gasteiger partial charge is 0.127 e. The Morgan fingerprint density at radius 3 is 2.50 bits per heavy atom. The van der Waals surface area contributed by atoms with Crippen molar-refractivity contribution in [2.24, 2.45) is 0 Å². The maximum atomic E-state index is 6.24. The second kappa shape index (κ2) is 6.86. The average Bonchev–Trinajstić information content (AvgIpc) is 2.49. The summed E-state index contributed by atoms with van der Waals surface area (Å²) in [7, 11) is 0. The second-order valence-electron chi connectivity index (χ2n) is 5.96. The number of fused-ring (bicyclic) bond motifs is 1. The minimum absolute atomic E-state index is 0.292. The van der Waals surface area contributed by atoms with Gasteiger partial charge in [-0.2, -0.15) is 0 Å². The van der Waals surface area contributed by atoms with Crippen LogP contribution < -0.4 is 4.74 Å². The molecule has 2 aromatic carbocycles. The van der Waals surface area contributed by atoms with Gasteiger partial charge in [0.25, 0.3) is 0 Å². The standard InChI is InChI=1S/C18H22ClNO2/c1-13-11-20(12-14(2)22-13)9-10-21-18-8-7-17(19)15-5-3-4-6-16(15)18/h3-8,13-14H,9-12H2,1-2H3/t13-,14-/m1/s1. The highest BCUT2D eigenvalue weighted by atomic mass is 35.5. The molecular formula is C18H22ClNO2. The summed E-state index contributed by atoms with van der Waals surface area (Å²) in [5, 5.41) is 2.87. The highest BCUT2D eigenvalue weighted by Gasteiger charge is 2.21. The van der Waals surface area contributed by atoms with Crippen LogP contribution in [0.2, 0.25) is 5.02 Å². The lowest BCUT2D eigenvalue weighted by Crippen LogP contribution is -2.46. The molecule has 22 heavy (non-hydrogen) atoms. The Kier molecular flexibility index (Phi) is 4.87. The van der Waals surface area contributed by atoms with Crippen LogP contribution in [0.1, 0.15) is 13.8 Å². The first-order valence-electron chi connectivity index (χ1n) is 7.81. The van der Waals surface area contributed by atoms with Crippen LogP contribution in [0.15, 0.2) is 36.4 Å². The lowest BCUT2D eigenvalue weighted by atomic mass is 10.1. The highest BCUT2D eigenvalue weighted by molar-refractivity contribution is 6.35. The minimum Gasteiger partial charge on any atom is -0.492 e. The summed E-state index contributed by atoms with van der Waals surface area (Å²) < 4.78 is 11.8. The molecule has 1 aliphatic heterocycles. The van der Waals surface area contributed by atoms with E-state index in [4.69, 9.17) is 21.1 Å². The molecule has 0 unspecified atom stereocenters. The number of hydrogen-bond acceptors (Lipinski definition) is 3. The quantitative estimate of drug-likeness (QED) is 0.850. The first kappa shape index (κ1) is 15.6. The van der Waals surface area contributed by atoms with Crippen LogP contribution in [0.25, 0.3) is 10.8 Å². The molecule has 2 atom stereocenters. The molecule has 0 aliphatic carbocycles. The fraction of sp³-hybridized carbons (Fsp3) is 0.444. The lowest BCUT2D eigenvalue weighted by molar-refractivity contribution is -0.0699. The summed E-state index contributed by atoms with van der Waals surface area (Å²) in [5.41, 5.74) is 0. The van der Waals surface area contributed by atoms with Crippen molar-refractivity contribution in [2.45, 2.75) is 26.1 Å². The zero-order valence-electron chi connectivity index (χ0n) is 13.1. The SMILES string of the molecule is C[C@@H]1CN(CCOc2ccc(Cl)c3ccccc23)C[C@@H](C)O1. The zero-order chi connectivity index (χ0) is 15.5. The van der Waals surface area contributed by atoms with Gasteiger partial charge in [0.1, 0.15) is 12.4 Å². The number of halogens is 1. The summed E-state index contributed by atoms with van der Waals surface area (Å²) >= 11 is 6.24. The normalized spacial score (nSPS) is 22.9. The van der Waals surface area contributed by atoms with E-state index in [0.29, 0.717) is 18.8 Å². The molecule has 118 valence electrons. The van der Waals surface area contributed by atoms with Crippen molar-refractivity contribution < 1.29 is 9.47 Å². The Labute approximate surface area is 136 Å². The van der Waals surface area contributed by atoms with Gasteiger partial charge in [-0.25, -0.2) is 0 Å². The molecule has 2 aromatic rings. The van der Waals surface area contributed by atoms with E-state index >= 15 is 0 Å². The Morgan fingerprint density at radius 2 is 1.77 bits per heavy atom. The third-order valence-corrected chi connectivity index (χ3v) is 4.32. The molecule has 1 fully saturated rings. The number of rotatable bonds is 4. The number of nitrogens with zero attached hydrogens (tertiary/aromatic N) is 1. The zero-order valence-corrected chi connectivity index (χ0v) is 13.8. The molecule has 1 heterocycles. The van der Waals surface area contributed by atoms with E-state index < -0.39 is 0 Å². The van der Waals surface area contributed by atoms with Gasteiger partial charge in [0.05, 0.1) is 12.2 Å². The predicted octanol–water partition coefficient (Wildman–Crippen LogP) is 3.98. The summed E-state index contributed by atoms with van der Waals surface area (Å²) in [6.45, 7) is 7.76. The van der Waals surface area contributed by atoms with Gasteiger partial charge < -0.3 is 9.47 Å². The summed E-state index contributed by atoms with van der Waals surface area (Å²) in [6.07, 6.45) is 0.584. The number of ether oxygens (including phenoxy) is 2. The fourth-order valence-corrected chi connectivity index (χ4v) is 3.34. The van der Waals surface area contributed by atoms with Gasteiger partial charge >= 0.3 is 0 Å². The van der Waals surface area contributed by atoms with Crippen LogP contribution >= 0.6 is 11.6 Å². The molecule has 0 N–H and O–H groups in total. The van der Waals surface area contributed by atoms with Gasteiger partial charge in [-0.1, -0.05) is 35.9 Å². The highest BCUT2D eigenvalue weighted by Crippen LogP contribution is 2.31. The van der Waals surface area contributed by atoms with Crippen LogP contribution in [0, 0.1) is 0 Å².